The highest BCUT2D eigenvalue weighted by Gasteiger charge is 2.23. The highest BCUT2D eigenvalue weighted by Crippen LogP contribution is 2.11. The molecule has 3 rings (SSSR count). The molecule has 2 aromatic heterocycles. The molecule has 1 aliphatic rings. The van der Waals surface area contributed by atoms with E-state index >= 15 is 0 Å². The van der Waals surface area contributed by atoms with Crippen molar-refractivity contribution in [2.45, 2.75) is 19.4 Å². The van der Waals surface area contributed by atoms with Crippen LogP contribution in [0.15, 0.2) is 33.8 Å². The maximum absolute atomic E-state index is 12.1. The van der Waals surface area contributed by atoms with Gasteiger partial charge in [-0.2, -0.15) is 0 Å². The van der Waals surface area contributed by atoms with Gasteiger partial charge >= 0.3 is 0 Å². The van der Waals surface area contributed by atoms with Crippen LogP contribution in [0.1, 0.15) is 12.8 Å². The third-order valence-electron chi connectivity index (χ3n) is 3.87. The Morgan fingerprint density at radius 3 is 3.05 bits per heavy atom. The summed E-state index contributed by atoms with van der Waals surface area (Å²) in [5.41, 5.74) is 0.116. The fourth-order valence-corrected chi connectivity index (χ4v) is 2.57. The standard InChI is InChI=1S/C15H17N3O4/c19-12-2-1-11(9-17-12)14(20)16-5-7-18-6-3-10-4-8-22-13(10)15(18)21/h3-4,6,8,11H,1-2,5,7,9H2,(H,16,20)(H,17,19). The van der Waals surface area contributed by atoms with Gasteiger partial charge in [0.05, 0.1) is 12.2 Å². The number of hydrogen-bond acceptors (Lipinski definition) is 4. The molecule has 0 aliphatic carbocycles. The van der Waals surface area contributed by atoms with Crippen LogP contribution in [0.2, 0.25) is 0 Å². The quantitative estimate of drug-likeness (QED) is 0.846. The molecule has 0 bridgehead atoms. The van der Waals surface area contributed by atoms with E-state index in [4.69, 9.17) is 4.42 Å². The summed E-state index contributed by atoms with van der Waals surface area (Å²) in [6.07, 6.45) is 4.12. The second-order valence-corrected chi connectivity index (χ2v) is 5.35. The fraction of sp³-hybridized carbons (Fsp3) is 0.400. The number of pyridine rings is 1. The van der Waals surface area contributed by atoms with Gasteiger partial charge < -0.3 is 19.6 Å². The van der Waals surface area contributed by atoms with Crippen LogP contribution < -0.4 is 16.2 Å². The van der Waals surface area contributed by atoms with E-state index in [2.05, 4.69) is 10.6 Å². The highest BCUT2D eigenvalue weighted by molar-refractivity contribution is 5.83. The Morgan fingerprint density at radius 1 is 1.41 bits per heavy atom. The molecule has 0 aromatic carbocycles. The summed E-state index contributed by atoms with van der Waals surface area (Å²) < 4.78 is 6.67. The Hall–Kier alpha value is -2.57. The summed E-state index contributed by atoms with van der Waals surface area (Å²) in [7, 11) is 0. The number of rotatable bonds is 4. The molecule has 1 saturated heterocycles. The fourth-order valence-electron chi connectivity index (χ4n) is 2.57. The summed E-state index contributed by atoms with van der Waals surface area (Å²) in [6, 6.07) is 3.54. The molecule has 3 heterocycles. The van der Waals surface area contributed by atoms with Crippen molar-refractivity contribution in [2.24, 2.45) is 5.92 Å². The van der Waals surface area contributed by atoms with Crippen molar-refractivity contribution >= 4 is 22.8 Å². The largest absolute Gasteiger partial charge is 0.459 e. The number of nitrogens with one attached hydrogen (secondary N) is 2. The lowest BCUT2D eigenvalue weighted by atomic mass is 9.98. The second kappa shape index (κ2) is 6.05. The molecule has 0 saturated carbocycles. The first-order chi connectivity index (χ1) is 10.6. The number of piperidine rings is 1. The lowest BCUT2D eigenvalue weighted by Crippen LogP contribution is -2.43. The maximum Gasteiger partial charge on any atom is 0.294 e. The molecule has 7 nitrogen and oxygen atoms in total. The third-order valence-corrected chi connectivity index (χ3v) is 3.87. The van der Waals surface area contributed by atoms with Gasteiger partial charge in [-0.05, 0) is 18.6 Å². The van der Waals surface area contributed by atoms with Crippen LogP contribution in [-0.2, 0) is 16.1 Å². The van der Waals surface area contributed by atoms with Gasteiger partial charge in [0, 0.05) is 37.6 Å². The molecule has 2 amide bonds. The van der Waals surface area contributed by atoms with Crippen LogP contribution in [0.4, 0.5) is 0 Å². The summed E-state index contributed by atoms with van der Waals surface area (Å²) in [4.78, 5) is 35.2. The predicted octanol–water partition coefficient (Wildman–Crippen LogP) is 0.237. The Balaban J connectivity index is 1.56. The molecular weight excluding hydrogens is 286 g/mol. The first-order valence-electron chi connectivity index (χ1n) is 7.26. The molecule has 0 radical (unpaired) electrons. The molecule has 1 atom stereocenters. The van der Waals surface area contributed by atoms with Crippen molar-refractivity contribution in [1.82, 2.24) is 15.2 Å². The zero-order valence-electron chi connectivity index (χ0n) is 12.0. The van der Waals surface area contributed by atoms with E-state index in [1.165, 1.54) is 10.8 Å². The molecule has 2 N–H and O–H groups in total. The number of hydrogen-bond donors (Lipinski definition) is 2. The number of nitrogens with zero attached hydrogens (tertiary/aromatic N) is 1. The van der Waals surface area contributed by atoms with Crippen LogP contribution in [0.3, 0.4) is 0 Å². The SMILES string of the molecule is O=C1CCC(C(=O)NCCn2ccc3ccoc3c2=O)CN1. The van der Waals surface area contributed by atoms with E-state index in [0.29, 0.717) is 38.1 Å². The van der Waals surface area contributed by atoms with Crippen LogP contribution >= 0.6 is 0 Å². The average molecular weight is 303 g/mol. The minimum Gasteiger partial charge on any atom is -0.459 e. The Morgan fingerprint density at radius 2 is 2.27 bits per heavy atom. The molecule has 2 aromatic rings. The van der Waals surface area contributed by atoms with E-state index in [1.54, 1.807) is 18.3 Å². The molecule has 22 heavy (non-hydrogen) atoms. The van der Waals surface area contributed by atoms with Gasteiger partial charge in [-0.15, -0.1) is 0 Å². The van der Waals surface area contributed by atoms with Gasteiger partial charge in [0.15, 0.2) is 5.58 Å². The third kappa shape index (κ3) is 2.88. The van der Waals surface area contributed by atoms with Crippen molar-refractivity contribution in [3.63, 3.8) is 0 Å². The predicted molar refractivity (Wildman–Crippen MR) is 79.2 cm³/mol. The van der Waals surface area contributed by atoms with Crippen LogP contribution in [0.25, 0.3) is 11.0 Å². The van der Waals surface area contributed by atoms with Crippen molar-refractivity contribution < 1.29 is 14.0 Å². The second-order valence-electron chi connectivity index (χ2n) is 5.35. The summed E-state index contributed by atoms with van der Waals surface area (Å²) in [5, 5.41) is 6.25. The molecule has 1 unspecified atom stereocenters. The zero-order valence-corrected chi connectivity index (χ0v) is 12.0. The normalized spacial score (nSPS) is 18.2. The zero-order chi connectivity index (χ0) is 15.5. The maximum atomic E-state index is 12.1. The topological polar surface area (TPSA) is 93.3 Å². The van der Waals surface area contributed by atoms with Gasteiger partial charge in [0.25, 0.3) is 5.56 Å². The van der Waals surface area contributed by atoms with Crippen LogP contribution in [0.5, 0.6) is 0 Å². The molecule has 1 fully saturated rings. The number of furan rings is 1. The van der Waals surface area contributed by atoms with E-state index in [1.807, 2.05) is 0 Å². The van der Waals surface area contributed by atoms with Crippen molar-refractivity contribution in [2.75, 3.05) is 13.1 Å². The van der Waals surface area contributed by atoms with Gasteiger partial charge in [-0.1, -0.05) is 0 Å². The minimum absolute atomic E-state index is 0.0117. The van der Waals surface area contributed by atoms with E-state index < -0.39 is 0 Å². The van der Waals surface area contributed by atoms with E-state index in [9.17, 15) is 14.4 Å². The average Bonchev–Trinajstić information content (AvgIpc) is 2.99. The highest BCUT2D eigenvalue weighted by atomic mass is 16.3. The lowest BCUT2D eigenvalue weighted by Gasteiger charge is -2.21. The van der Waals surface area contributed by atoms with Crippen molar-refractivity contribution in [3.05, 3.63) is 34.9 Å². The van der Waals surface area contributed by atoms with Gasteiger partial charge in [-0.25, -0.2) is 0 Å². The summed E-state index contributed by atoms with van der Waals surface area (Å²) >= 11 is 0. The first kappa shape index (κ1) is 14.4. The molecule has 7 heteroatoms. The Labute approximate surface area is 126 Å². The van der Waals surface area contributed by atoms with Gasteiger partial charge in [-0.3, -0.25) is 14.4 Å². The summed E-state index contributed by atoms with van der Waals surface area (Å²) in [5.74, 6) is -0.295. The van der Waals surface area contributed by atoms with Crippen LogP contribution in [0, 0.1) is 5.92 Å². The monoisotopic (exact) mass is 303 g/mol. The van der Waals surface area contributed by atoms with E-state index in [-0.39, 0.29) is 23.3 Å². The van der Waals surface area contributed by atoms with Gasteiger partial charge in [0.1, 0.15) is 0 Å². The number of aromatic nitrogens is 1. The lowest BCUT2D eigenvalue weighted by molar-refractivity contribution is -0.128. The first-order valence-corrected chi connectivity index (χ1v) is 7.26. The van der Waals surface area contributed by atoms with Crippen LogP contribution in [-0.4, -0.2) is 29.5 Å². The van der Waals surface area contributed by atoms with Gasteiger partial charge in [0.2, 0.25) is 11.8 Å². The molecule has 116 valence electrons. The smallest absolute Gasteiger partial charge is 0.294 e. The molecule has 1 aliphatic heterocycles. The van der Waals surface area contributed by atoms with Crippen molar-refractivity contribution in [1.29, 1.82) is 0 Å². The Bertz CT molecular complexity index is 751. The van der Waals surface area contributed by atoms with Crippen molar-refractivity contribution in [3.8, 4) is 0 Å². The minimum atomic E-state index is -0.207. The molecular formula is C15H17N3O4. The van der Waals surface area contributed by atoms with E-state index in [0.717, 1.165) is 5.39 Å². The number of carbonyl (C=O) groups is 2. The number of amides is 2. The molecule has 0 spiro atoms. The number of carbonyl (C=O) groups excluding carboxylic acids is 2. The summed E-state index contributed by atoms with van der Waals surface area (Å²) in [6.45, 7) is 1.11. The Kier molecular flexibility index (Phi) is 3.95. The number of fused-ring (bicyclic) bond motifs is 1.